The zero-order chi connectivity index (χ0) is 14.7. The first kappa shape index (κ1) is 14.2. The van der Waals surface area contributed by atoms with Crippen LogP contribution in [0.1, 0.15) is 0 Å². The van der Waals surface area contributed by atoms with E-state index in [2.05, 4.69) is 0 Å². The number of rotatable bonds is 1. The molecule has 3 rings (SSSR count). The van der Waals surface area contributed by atoms with Crippen LogP contribution >= 0.6 is 23.4 Å². The summed E-state index contributed by atoms with van der Waals surface area (Å²) in [6.07, 6.45) is -4.95. The Bertz CT molecular complexity index is 622. The lowest BCUT2D eigenvalue weighted by atomic mass is 10.2. The summed E-state index contributed by atoms with van der Waals surface area (Å²) >= 11 is 7.03. The van der Waals surface area contributed by atoms with Gasteiger partial charge in [0.15, 0.2) is 4.71 Å². The van der Waals surface area contributed by atoms with Gasteiger partial charge in [-0.1, -0.05) is 23.4 Å². The number of Topliss-reactive ketones (excluding diaryl/α,β-unsaturated/α-hetero) is 1. The molecular formula is C11H7ClF3NO2S2. The lowest BCUT2D eigenvalue weighted by Gasteiger charge is -2.16. The van der Waals surface area contributed by atoms with Crippen LogP contribution in [0.3, 0.4) is 0 Å². The average Bonchev–Trinajstić information content (AvgIpc) is 2.84. The molecule has 1 saturated heterocycles. The quantitative estimate of drug-likeness (QED) is 0.787. The van der Waals surface area contributed by atoms with Gasteiger partial charge in [-0.2, -0.15) is 13.2 Å². The second-order valence-corrected chi connectivity index (χ2v) is 7.90. The van der Waals surface area contributed by atoms with Crippen LogP contribution in [0.15, 0.2) is 23.1 Å². The largest absolute Gasteiger partial charge is 0.451 e. The molecule has 2 heterocycles. The monoisotopic (exact) mass is 341 g/mol. The molecule has 0 saturated carbocycles. The van der Waals surface area contributed by atoms with E-state index in [4.69, 9.17) is 11.6 Å². The van der Waals surface area contributed by atoms with E-state index in [0.717, 1.165) is 4.90 Å². The summed E-state index contributed by atoms with van der Waals surface area (Å²) < 4.78 is 48.9. The zero-order valence-electron chi connectivity index (χ0n) is 9.69. The van der Waals surface area contributed by atoms with Gasteiger partial charge in [0.2, 0.25) is 0 Å². The van der Waals surface area contributed by atoms with Crippen molar-refractivity contribution in [1.29, 1.82) is 0 Å². The predicted molar refractivity (Wildman–Crippen MR) is 71.4 cm³/mol. The number of ketones is 1. The topological polar surface area (TPSA) is 37.4 Å². The Hall–Kier alpha value is -0.730. The Kier molecular flexibility index (Phi) is 3.30. The third-order valence-electron chi connectivity index (χ3n) is 3.13. The summed E-state index contributed by atoms with van der Waals surface area (Å²) in [5, 5.41) is -1.01. The molecule has 9 heteroatoms. The summed E-state index contributed by atoms with van der Waals surface area (Å²) in [7, 11) is -1.90. The number of carbonyl (C=O) groups is 1. The number of anilines is 1. The predicted octanol–water partition coefficient (Wildman–Crippen LogP) is 2.80. The maximum absolute atomic E-state index is 12.5. The number of carbonyl (C=O) groups excluding carboxylic acids is 1. The van der Waals surface area contributed by atoms with Crippen molar-refractivity contribution in [2.75, 3.05) is 11.4 Å². The molecule has 3 unspecified atom stereocenters. The van der Waals surface area contributed by atoms with Crippen molar-refractivity contribution in [1.82, 2.24) is 0 Å². The molecule has 1 aromatic rings. The van der Waals surface area contributed by atoms with Crippen molar-refractivity contribution in [2.24, 2.45) is 0 Å². The fraction of sp³-hybridized carbons (Fsp3) is 0.364. The van der Waals surface area contributed by atoms with Crippen LogP contribution in [0, 0.1) is 0 Å². The van der Waals surface area contributed by atoms with Crippen LogP contribution in [0.25, 0.3) is 0 Å². The highest BCUT2D eigenvalue weighted by atomic mass is 35.5. The van der Waals surface area contributed by atoms with Gasteiger partial charge in [0.1, 0.15) is 5.25 Å². The van der Waals surface area contributed by atoms with E-state index >= 15 is 0 Å². The highest BCUT2D eigenvalue weighted by Gasteiger charge is 2.54. The van der Waals surface area contributed by atoms with E-state index in [1.54, 1.807) is 23.1 Å². The number of nitrogens with zero attached hydrogens (tertiary/aromatic N) is 1. The van der Waals surface area contributed by atoms with Gasteiger partial charge < -0.3 is 4.90 Å². The van der Waals surface area contributed by atoms with E-state index in [0.29, 0.717) is 10.7 Å². The standard InChI is InChI=1S/C11H7ClF3NO2S2/c12-5-1-2-6-7(3-5)19-10-16(6)4-8(20(10)18)9(17)11(13,14)15/h1-3,8,10H,4H2. The minimum atomic E-state index is -4.95. The molecule has 1 aromatic carbocycles. The van der Waals surface area contributed by atoms with Crippen molar-refractivity contribution < 1.29 is 22.2 Å². The smallest absolute Gasteiger partial charge is 0.346 e. The molecule has 0 aromatic heterocycles. The zero-order valence-corrected chi connectivity index (χ0v) is 12.1. The molecule has 3 atom stereocenters. The molecule has 0 bridgehead atoms. The molecule has 0 radical (unpaired) electrons. The van der Waals surface area contributed by atoms with Gasteiger partial charge in [-0.25, -0.2) is 0 Å². The molecule has 2 aliphatic rings. The molecule has 0 N–H and O–H groups in total. The van der Waals surface area contributed by atoms with Crippen molar-refractivity contribution in [2.45, 2.75) is 21.0 Å². The normalized spacial score (nSPS) is 28.4. The van der Waals surface area contributed by atoms with Crippen LogP contribution in [0.5, 0.6) is 0 Å². The molecular weight excluding hydrogens is 335 g/mol. The van der Waals surface area contributed by atoms with Gasteiger partial charge in [-0.3, -0.25) is 9.00 Å². The number of alkyl halides is 3. The lowest BCUT2D eigenvalue weighted by molar-refractivity contribution is -0.170. The number of hydrogen-bond donors (Lipinski definition) is 0. The number of hydrogen-bond acceptors (Lipinski definition) is 4. The van der Waals surface area contributed by atoms with E-state index in [-0.39, 0.29) is 6.54 Å². The average molecular weight is 342 g/mol. The molecule has 108 valence electrons. The summed E-state index contributed by atoms with van der Waals surface area (Å²) in [5.74, 6) is -1.92. The van der Waals surface area contributed by atoms with Crippen molar-refractivity contribution in [3.63, 3.8) is 0 Å². The lowest BCUT2D eigenvalue weighted by Crippen LogP contribution is -2.38. The molecule has 20 heavy (non-hydrogen) atoms. The second-order valence-electron chi connectivity index (χ2n) is 4.37. The van der Waals surface area contributed by atoms with Crippen LogP contribution in [0.2, 0.25) is 5.02 Å². The number of benzene rings is 1. The first-order valence-electron chi connectivity index (χ1n) is 5.52. The highest BCUT2D eigenvalue weighted by Crippen LogP contribution is 2.49. The van der Waals surface area contributed by atoms with Crippen LogP contribution in [-0.4, -0.2) is 32.7 Å². The molecule has 3 nitrogen and oxygen atoms in total. The van der Waals surface area contributed by atoms with Gasteiger partial charge in [-0.05, 0) is 18.2 Å². The molecule has 1 fully saturated rings. The summed E-state index contributed by atoms with van der Waals surface area (Å²) in [6, 6.07) is 4.96. The Labute approximate surface area is 123 Å². The highest BCUT2D eigenvalue weighted by molar-refractivity contribution is 8.12. The fourth-order valence-corrected chi connectivity index (χ4v) is 5.98. The maximum Gasteiger partial charge on any atom is 0.451 e. The van der Waals surface area contributed by atoms with Gasteiger partial charge in [0.05, 0.1) is 16.5 Å². The van der Waals surface area contributed by atoms with Crippen molar-refractivity contribution in [3.05, 3.63) is 23.2 Å². The first-order chi connectivity index (χ1) is 9.29. The van der Waals surface area contributed by atoms with Crippen LogP contribution in [0.4, 0.5) is 18.9 Å². The van der Waals surface area contributed by atoms with E-state index in [1.807, 2.05) is 0 Å². The van der Waals surface area contributed by atoms with Gasteiger partial charge in [0, 0.05) is 16.5 Å². The van der Waals surface area contributed by atoms with Crippen molar-refractivity contribution in [3.8, 4) is 0 Å². The summed E-state index contributed by atoms with van der Waals surface area (Å²) in [5.41, 5.74) is 0.676. The summed E-state index contributed by atoms with van der Waals surface area (Å²) in [6.45, 7) is -0.183. The molecule has 0 aliphatic carbocycles. The minimum Gasteiger partial charge on any atom is -0.346 e. The van der Waals surface area contributed by atoms with E-state index in [1.165, 1.54) is 11.8 Å². The SMILES string of the molecule is O=C(C1CN2c3ccc(Cl)cc3SC2S1=O)C(F)(F)F. The Morgan fingerprint density at radius 3 is 2.80 bits per heavy atom. The van der Waals surface area contributed by atoms with Gasteiger partial charge in [-0.15, -0.1) is 0 Å². The van der Waals surface area contributed by atoms with E-state index < -0.39 is 32.7 Å². The van der Waals surface area contributed by atoms with E-state index in [9.17, 15) is 22.2 Å². The van der Waals surface area contributed by atoms with Crippen LogP contribution in [-0.2, 0) is 15.6 Å². The fourth-order valence-electron chi connectivity index (χ4n) is 2.23. The van der Waals surface area contributed by atoms with Crippen LogP contribution < -0.4 is 4.90 Å². The molecule has 0 spiro atoms. The Morgan fingerprint density at radius 2 is 2.15 bits per heavy atom. The second kappa shape index (κ2) is 4.64. The van der Waals surface area contributed by atoms with Gasteiger partial charge in [0.25, 0.3) is 5.78 Å². The number of halogens is 4. The molecule has 2 aliphatic heterocycles. The minimum absolute atomic E-state index is 0.183. The maximum atomic E-state index is 12.5. The Morgan fingerprint density at radius 1 is 1.45 bits per heavy atom. The number of thioether (sulfide) groups is 1. The van der Waals surface area contributed by atoms with Crippen molar-refractivity contribution >= 4 is 45.6 Å². The third kappa shape index (κ3) is 2.14. The number of fused-ring (bicyclic) bond motifs is 3. The summed E-state index contributed by atoms with van der Waals surface area (Å²) in [4.78, 5) is 13.7. The van der Waals surface area contributed by atoms with Gasteiger partial charge >= 0.3 is 6.18 Å². The third-order valence-corrected chi connectivity index (χ3v) is 6.83. The first-order valence-corrected chi connectivity index (χ1v) is 8.05. The molecule has 0 amide bonds. The Balaban J connectivity index is 1.91.